The van der Waals surface area contributed by atoms with Crippen molar-refractivity contribution in [1.82, 2.24) is 0 Å². The standard InChI is InChI=1S/C27H54O4.C21H42O2.C6H14O3/c1-5-8-10-12-14-15-17-19-21-27(4,20-18-16-13-11-9-6-2)26(28)31-25-24-30-23-22-29-7-3;1-4-6-8-10-12-13-15-17-19-21(3,20(22)23)18-16-14-11-9-7-5-2;1-2-8-5-6-9-4-3-7/h5-25H2,1-4H3;4-19H2,1-3H3,(H,22,23);7H,2-6H2,1H3. The molecule has 0 saturated heterocycles. The summed E-state index contributed by atoms with van der Waals surface area (Å²) in [6.07, 6.45) is 39.1. The molecule has 2 atom stereocenters. The summed E-state index contributed by atoms with van der Waals surface area (Å²) in [6, 6.07) is 0. The summed E-state index contributed by atoms with van der Waals surface area (Å²) >= 11 is 0. The number of unbranched alkanes of at least 4 members (excludes halogenated alkanes) is 24. The van der Waals surface area contributed by atoms with E-state index in [-0.39, 0.29) is 18.0 Å². The molecular weight excluding hydrogens is 793 g/mol. The van der Waals surface area contributed by atoms with Gasteiger partial charge in [-0.15, -0.1) is 0 Å². The van der Waals surface area contributed by atoms with Gasteiger partial charge in [-0.2, -0.15) is 0 Å². The highest BCUT2D eigenvalue weighted by molar-refractivity contribution is 5.76. The van der Waals surface area contributed by atoms with E-state index in [2.05, 4.69) is 34.6 Å². The Bertz CT molecular complexity index is 897. The topological polar surface area (TPSA) is 121 Å². The predicted octanol–water partition coefficient (Wildman–Crippen LogP) is 15.3. The van der Waals surface area contributed by atoms with Gasteiger partial charge >= 0.3 is 11.9 Å². The molecule has 0 aliphatic rings. The molecule has 2 unspecified atom stereocenters. The summed E-state index contributed by atoms with van der Waals surface area (Å²) in [5.41, 5.74) is -0.842. The Kier molecular flexibility index (Phi) is 55.9. The Balaban J connectivity index is -0.000000981. The fraction of sp³-hybridized carbons (Fsp3) is 0.963. The van der Waals surface area contributed by atoms with Gasteiger partial charge in [0.1, 0.15) is 6.61 Å². The lowest BCUT2D eigenvalue weighted by Crippen LogP contribution is -2.31. The third-order valence-corrected chi connectivity index (χ3v) is 12.2. The number of aliphatic hydroxyl groups is 1. The Hall–Kier alpha value is -1.26. The van der Waals surface area contributed by atoms with Gasteiger partial charge in [0, 0.05) is 13.2 Å². The van der Waals surface area contributed by atoms with Gasteiger partial charge in [-0.1, -0.05) is 207 Å². The molecule has 0 radical (unpaired) electrons. The largest absolute Gasteiger partial charge is 0.481 e. The van der Waals surface area contributed by atoms with Crippen molar-refractivity contribution in [3.05, 3.63) is 0 Å². The number of hydrogen-bond acceptors (Lipinski definition) is 8. The van der Waals surface area contributed by atoms with Crippen molar-refractivity contribution < 1.29 is 43.5 Å². The molecule has 0 spiro atoms. The first-order valence-corrected chi connectivity index (χ1v) is 26.9. The average Bonchev–Trinajstić information content (AvgIpc) is 3.28. The number of aliphatic carboxylic acids is 1. The smallest absolute Gasteiger partial charge is 0.311 e. The molecule has 0 rings (SSSR count). The van der Waals surface area contributed by atoms with E-state index in [4.69, 9.17) is 28.8 Å². The van der Waals surface area contributed by atoms with Crippen molar-refractivity contribution in [2.24, 2.45) is 10.8 Å². The van der Waals surface area contributed by atoms with Crippen LogP contribution in [0.5, 0.6) is 0 Å². The Morgan fingerprint density at radius 2 is 0.635 bits per heavy atom. The highest BCUT2D eigenvalue weighted by Gasteiger charge is 2.34. The van der Waals surface area contributed by atoms with E-state index >= 15 is 0 Å². The number of carbonyl (C=O) groups is 2. The second-order valence-corrected chi connectivity index (χ2v) is 18.4. The molecule has 9 heteroatoms. The Morgan fingerprint density at radius 3 is 0.937 bits per heavy atom. The van der Waals surface area contributed by atoms with Gasteiger partial charge in [-0.05, 0) is 53.4 Å². The van der Waals surface area contributed by atoms with Gasteiger partial charge in [0.25, 0.3) is 0 Å². The van der Waals surface area contributed by atoms with Gasteiger partial charge < -0.3 is 33.9 Å². The zero-order chi connectivity index (χ0) is 47.4. The van der Waals surface area contributed by atoms with Gasteiger partial charge in [-0.3, -0.25) is 9.59 Å². The molecule has 2 N–H and O–H groups in total. The maximum Gasteiger partial charge on any atom is 0.311 e. The number of carbonyl (C=O) groups excluding carboxylic acids is 1. The lowest BCUT2D eigenvalue weighted by atomic mass is 9.79. The first-order chi connectivity index (χ1) is 30.6. The average molecular weight is 903 g/mol. The van der Waals surface area contributed by atoms with Gasteiger partial charge in [0.2, 0.25) is 0 Å². The van der Waals surface area contributed by atoms with Crippen LogP contribution in [0.4, 0.5) is 0 Å². The molecule has 0 aromatic carbocycles. The zero-order valence-electron chi connectivity index (χ0n) is 43.5. The number of carboxylic acid groups (broad SMARTS) is 1. The van der Waals surface area contributed by atoms with Gasteiger partial charge in [0.05, 0.1) is 57.1 Å². The van der Waals surface area contributed by atoms with E-state index in [9.17, 15) is 14.7 Å². The zero-order valence-corrected chi connectivity index (χ0v) is 43.5. The van der Waals surface area contributed by atoms with Crippen LogP contribution in [0.1, 0.15) is 261 Å². The van der Waals surface area contributed by atoms with Crippen LogP contribution in [0, 0.1) is 10.8 Å². The Morgan fingerprint density at radius 1 is 0.365 bits per heavy atom. The van der Waals surface area contributed by atoms with Crippen LogP contribution in [-0.4, -0.2) is 88.2 Å². The van der Waals surface area contributed by atoms with Crippen LogP contribution >= 0.6 is 0 Å². The lowest BCUT2D eigenvalue weighted by molar-refractivity contribution is -0.157. The highest BCUT2D eigenvalue weighted by atomic mass is 16.6. The molecule has 0 bridgehead atoms. The molecule has 0 aliphatic carbocycles. The quantitative estimate of drug-likeness (QED) is 0.0454. The van der Waals surface area contributed by atoms with E-state index in [0.717, 1.165) is 58.0 Å². The third kappa shape index (κ3) is 48.5. The molecule has 0 amide bonds. The van der Waals surface area contributed by atoms with Crippen molar-refractivity contribution >= 4 is 11.9 Å². The molecule has 380 valence electrons. The highest BCUT2D eigenvalue weighted by Crippen LogP contribution is 2.34. The molecular formula is C54H110O9. The molecule has 0 aromatic heterocycles. The van der Waals surface area contributed by atoms with Crippen LogP contribution in [0.25, 0.3) is 0 Å². The predicted molar refractivity (Wildman–Crippen MR) is 267 cm³/mol. The normalized spacial score (nSPS) is 13.0. The van der Waals surface area contributed by atoms with Gasteiger partial charge in [0.15, 0.2) is 0 Å². The maximum atomic E-state index is 12.9. The fourth-order valence-corrected chi connectivity index (χ4v) is 7.72. The van der Waals surface area contributed by atoms with Crippen LogP contribution in [0.15, 0.2) is 0 Å². The van der Waals surface area contributed by atoms with Crippen molar-refractivity contribution in [1.29, 1.82) is 0 Å². The number of carboxylic acids is 1. The van der Waals surface area contributed by atoms with Crippen LogP contribution < -0.4 is 0 Å². The lowest BCUT2D eigenvalue weighted by Gasteiger charge is -2.27. The summed E-state index contributed by atoms with van der Waals surface area (Å²) in [5.74, 6) is -0.619. The van der Waals surface area contributed by atoms with E-state index in [1.165, 1.54) is 154 Å². The van der Waals surface area contributed by atoms with Crippen LogP contribution in [0.3, 0.4) is 0 Å². The minimum atomic E-state index is -0.589. The van der Waals surface area contributed by atoms with Crippen molar-refractivity contribution in [3.8, 4) is 0 Å². The SMILES string of the molecule is CCCCCCCCCCC(C)(CCCCCCCC)C(=O)O.CCCCCCCCCCC(C)(CCCCCCCC)C(=O)OCCOCCOCC.CCOCCOCCO. The summed E-state index contributed by atoms with van der Waals surface area (Å²) in [5, 5.41) is 17.8. The van der Waals surface area contributed by atoms with E-state index in [1.807, 2.05) is 20.8 Å². The second kappa shape index (κ2) is 53.4. The number of aliphatic hydroxyl groups excluding tert-OH is 1. The van der Waals surface area contributed by atoms with Gasteiger partial charge in [-0.25, -0.2) is 0 Å². The fourth-order valence-electron chi connectivity index (χ4n) is 7.72. The number of ether oxygens (including phenoxy) is 5. The summed E-state index contributed by atoms with van der Waals surface area (Å²) < 4.78 is 26.2. The number of rotatable bonds is 47. The number of hydrogen-bond donors (Lipinski definition) is 2. The molecule has 0 aliphatic heterocycles. The minimum Gasteiger partial charge on any atom is -0.481 e. The van der Waals surface area contributed by atoms with Crippen molar-refractivity contribution in [3.63, 3.8) is 0 Å². The van der Waals surface area contributed by atoms with Crippen LogP contribution in [-0.2, 0) is 33.3 Å². The van der Waals surface area contributed by atoms with Crippen LogP contribution in [0.2, 0.25) is 0 Å². The van der Waals surface area contributed by atoms with E-state index in [0.29, 0.717) is 52.9 Å². The third-order valence-electron chi connectivity index (χ3n) is 12.2. The molecule has 0 heterocycles. The van der Waals surface area contributed by atoms with Crippen molar-refractivity contribution in [2.45, 2.75) is 261 Å². The first kappa shape index (κ1) is 66.0. The summed E-state index contributed by atoms with van der Waals surface area (Å²) in [7, 11) is 0. The summed E-state index contributed by atoms with van der Waals surface area (Å²) in [4.78, 5) is 24.5. The first-order valence-electron chi connectivity index (χ1n) is 26.9. The van der Waals surface area contributed by atoms with E-state index < -0.39 is 11.4 Å². The van der Waals surface area contributed by atoms with Crippen molar-refractivity contribution in [2.75, 3.05) is 66.1 Å². The molecule has 0 saturated carbocycles. The maximum absolute atomic E-state index is 12.9. The minimum absolute atomic E-state index is 0.0302. The Labute approximate surface area is 392 Å². The summed E-state index contributed by atoms with van der Waals surface area (Å²) in [6.45, 7) is 22.0. The molecule has 9 nitrogen and oxygen atoms in total. The second-order valence-electron chi connectivity index (χ2n) is 18.4. The molecule has 0 aromatic rings. The number of esters is 1. The monoisotopic (exact) mass is 903 g/mol. The van der Waals surface area contributed by atoms with E-state index in [1.54, 1.807) is 0 Å². The molecule has 0 fully saturated rings. The molecule has 63 heavy (non-hydrogen) atoms.